The maximum Gasteiger partial charge on any atom is 0.239 e. The summed E-state index contributed by atoms with van der Waals surface area (Å²) >= 11 is 0. The summed E-state index contributed by atoms with van der Waals surface area (Å²) in [6.45, 7) is -0.219. The van der Waals surface area contributed by atoms with Crippen molar-refractivity contribution in [3.05, 3.63) is 46.6 Å². The van der Waals surface area contributed by atoms with Gasteiger partial charge in [-0.05, 0) is 31.2 Å². The highest BCUT2D eigenvalue weighted by atomic mass is 16.7. The molecule has 20 heteroatoms. The Morgan fingerprint density at radius 3 is 1.91 bits per heavy atom. The Bertz CT molecular complexity index is 1780. The molecule has 15 atom stereocenters. The molecule has 3 fully saturated rings. The van der Waals surface area contributed by atoms with Gasteiger partial charge in [0.2, 0.25) is 23.8 Å². The van der Waals surface area contributed by atoms with E-state index in [9.17, 15) is 66.1 Å². The van der Waals surface area contributed by atoms with Crippen LogP contribution in [0.3, 0.4) is 0 Å². The van der Waals surface area contributed by atoms with Gasteiger partial charge in [-0.2, -0.15) is 0 Å². The monoisotopic (exact) mass is 756 g/mol. The topological polar surface area (TPSA) is 328 Å². The first-order chi connectivity index (χ1) is 25.1. The van der Waals surface area contributed by atoms with Crippen molar-refractivity contribution in [2.24, 2.45) is 0 Å². The first-order valence-corrected chi connectivity index (χ1v) is 16.4. The smallest absolute Gasteiger partial charge is 0.239 e. The van der Waals surface area contributed by atoms with Crippen molar-refractivity contribution in [3.63, 3.8) is 0 Å². The zero-order valence-electron chi connectivity index (χ0n) is 27.7. The van der Waals surface area contributed by atoms with Gasteiger partial charge in [-0.3, -0.25) is 4.79 Å². The van der Waals surface area contributed by atoms with Gasteiger partial charge in [-0.1, -0.05) is 0 Å². The number of phenolic OH excluding ortho intramolecular Hbond substituents is 2. The molecule has 53 heavy (non-hydrogen) atoms. The second-order valence-corrected chi connectivity index (χ2v) is 12.9. The SMILES string of the molecule is C[C@@H]1O[C@@H](O[C@H]2[C@H](O)[C@@H](O)[C@H](Oc3c(-c4ccc(O)cc4)oc4cc(O[C@H]5O[C@@H](CO)[C@H](O)[C@@H](O)[C@@H]5O)cc(O)c4c3=O)O[C@@H]2CO)[C@@H](O)[C@H](O)[C@H]1O. The maximum absolute atomic E-state index is 14.0. The van der Waals surface area contributed by atoms with E-state index in [1.54, 1.807) is 0 Å². The van der Waals surface area contributed by atoms with Crippen LogP contribution in [-0.4, -0.2) is 167 Å². The van der Waals surface area contributed by atoms with Crippen molar-refractivity contribution in [2.45, 2.75) is 99.0 Å². The fraction of sp³-hybridized carbons (Fsp3) is 0.545. The molecule has 0 unspecified atom stereocenters. The van der Waals surface area contributed by atoms with Crippen LogP contribution in [-0.2, 0) is 18.9 Å². The largest absolute Gasteiger partial charge is 0.508 e. The molecule has 12 N–H and O–H groups in total. The molecule has 0 radical (unpaired) electrons. The van der Waals surface area contributed by atoms with E-state index in [1.165, 1.54) is 31.2 Å². The minimum absolute atomic E-state index is 0.112. The lowest BCUT2D eigenvalue weighted by atomic mass is 9.97. The molecule has 3 saturated heterocycles. The van der Waals surface area contributed by atoms with Crippen molar-refractivity contribution in [2.75, 3.05) is 13.2 Å². The third kappa shape index (κ3) is 7.39. The number of aliphatic hydroxyl groups excluding tert-OH is 10. The lowest BCUT2D eigenvalue weighted by Gasteiger charge is -2.45. The van der Waals surface area contributed by atoms with Crippen LogP contribution in [0.15, 0.2) is 45.6 Å². The summed E-state index contributed by atoms with van der Waals surface area (Å²) in [4.78, 5) is 14.0. The molecule has 2 aromatic carbocycles. The number of phenols is 2. The van der Waals surface area contributed by atoms with E-state index >= 15 is 0 Å². The number of fused-ring (bicyclic) bond motifs is 1. The number of rotatable bonds is 9. The van der Waals surface area contributed by atoms with E-state index in [-0.39, 0.29) is 28.4 Å². The Labute approximate surface area is 298 Å². The summed E-state index contributed by atoms with van der Waals surface area (Å²) in [5.41, 5.74) is -1.26. The van der Waals surface area contributed by atoms with Gasteiger partial charge >= 0.3 is 0 Å². The Morgan fingerprint density at radius 1 is 0.660 bits per heavy atom. The normalized spacial score (nSPS) is 37.8. The third-order valence-electron chi connectivity index (χ3n) is 9.29. The van der Waals surface area contributed by atoms with Crippen LogP contribution in [0.1, 0.15) is 6.92 Å². The van der Waals surface area contributed by atoms with Crippen LogP contribution in [0.25, 0.3) is 22.3 Å². The van der Waals surface area contributed by atoms with Crippen molar-refractivity contribution in [1.29, 1.82) is 0 Å². The molecule has 3 aromatic rings. The van der Waals surface area contributed by atoms with Crippen LogP contribution in [0.4, 0.5) is 0 Å². The van der Waals surface area contributed by atoms with Gasteiger partial charge in [-0.25, -0.2) is 0 Å². The van der Waals surface area contributed by atoms with Gasteiger partial charge in [0.1, 0.15) is 95.4 Å². The minimum atomic E-state index is -2.03. The highest BCUT2D eigenvalue weighted by Crippen LogP contribution is 2.39. The van der Waals surface area contributed by atoms with Gasteiger partial charge in [0, 0.05) is 17.7 Å². The van der Waals surface area contributed by atoms with E-state index < -0.39 is 128 Å². The third-order valence-corrected chi connectivity index (χ3v) is 9.29. The number of benzene rings is 2. The molecule has 20 nitrogen and oxygen atoms in total. The zero-order chi connectivity index (χ0) is 38.5. The van der Waals surface area contributed by atoms with E-state index in [0.29, 0.717) is 0 Å². The predicted molar refractivity (Wildman–Crippen MR) is 171 cm³/mol. The van der Waals surface area contributed by atoms with Crippen molar-refractivity contribution >= 4 is 11.0 Å². The van der Waals surface area contributed by atoms with Crippen LogP contribution in [0, 0.1) is 0 Å². The summed E-state index contributed by atoms with van der Waals surface area (Å²) in [6.07, 6.45) is -24.9. The molecule has 0 bridgehead atoms. The molecule has 3 aliphatic heterocycles. The highest BCUT2D eigenvalue weighted by Gasteiger charge is 2.51. The fourth-order valence-corrected chi connectivity index (χ4v) is 6.25. The lowest BCUT2D eigenvalue weighted by Crippen LogP contribution is -2.64. The molecule has 0 aliphatic carbocycles. The minimum Gasteiger partial charge on any atom is -0.508 e. The average molecular weight is 757 g/mol. The second kappa shape index (κ2) is 15.6. The Morgan fingerprint density at radius 2 is 1.25 bits per heavy atom. The quantitative estimate of drug-likeness (QED) is 0.0992. The van der Waals surface area contributed by atoms with Gasteiger partial charge in [-0.15, -0.1) is 0 Å². The fourth-order valence-electron chi connectivity index (χ4n) is 6.25. The summed E-state index contributed by atoms with van der Waals surface area (Å²) in [6, 6.07) is 7.20. The zero-order valence-corrected chi connectivity index (χ0v) is 27.7. The van der Waals surface area contributed by atoms with E-state index in [2.05, 4.69) is 0 Å². The van der Waals surface area contributed by atoms with Crippen molar-refractivity contribution in [3.8, 4) is 34.3 Å². The molecule has 0 amide bonds. The number of hydrogen-bond acceptors (Lipinski definition) is 20. The average Bonchev–Trinajstić information content (AvgIpc) is 3.13. The molecule has 4 heterocycles. The summed E-state index contributed by atoms with van der Waals surface area (Å²) in [7, 11) is 0. The molecule has 3 aliphatic rings. The van der Waals surface area contributed by atoms with Gasteiger partial charge in [0.05, 0.1) is 19.3 Å². The standard InChI is InChI=1S/C33H40O20/c1-10-19(38)22(41)25(44)31(47-10)52-29-17(9-35)51-33(27(46)24(29)43)53-30-21(40)18-14(37)6-13(48-32-26(45)23(42)20(39)16(8-34)50-32)7-15(18)49-28(30)11-2-4-12(36)5-3-11/h2-7,10,16-17,19-20,22-27,29,31-39,41-46H,8-9H2,1H3/t10-,16-,17+,19-,20-,22+,23+,24+,25-,26-,27+,29+,31-,32-,33-/m0/s1. The molecule has 1 aromatic heterocycles. The van der Waals surface area contributed by atoms with Crippen LogP contribution >= 0.6 is 0 Å². The number of ether oxygens (including phenoxy) is 6. The van der Waals surface area contributed by atoms with Crippen LogP contribution in [0.5, 0.6) is 23.0 Å². The molecule has 0 spiro atoms. The lowest BCUT2D eigenvalue weighted by molar-refractivity contribution is -0.349. The molecule has 292 valence electrons. The summed E-state index contributed by atoms with van der Waals surface area (Å²) < 4.78 is 39.4. The molecular formula is C33H40O20. The predicted octanol–water partition coefficient (Wildman–Crippen LogP) is -3.92. The van der Waals surface area contributed by atoms with Gasteiger partial charge in [0.25, 0.3) is 0 Å². The number of aromatic hydroxyl groups is 2. The first kappa shape index (κ1) is 39.0. The van der Waals surface area contributed by atoms with Gasteiger partial charge in [0.15, 0.2) is 12.1 Å². The van der Waals surface area contributed by atoms with E-state index in [4.69, 9.17) is 32.8 Å². The van der Waals surface area contributed by atoms with Crippen molar-refractivity contribution in [1.82, 2.24) is 0 Å². The summed E-state index contributed by atoms with van der Waals surface area (Å²) in [5.74, 6) is -2.21. The molecule has 0 saturated carbocycles. The Kier molecular flexibility index (Phi) is 11.5. The van der Waals surface area contributed by atoms with Crippen molar-refractivity contribution < 1.29 is 94.1 Å². The number of aliphatic hydroxyl groups is 10. The van der Waals surface area contributed by atoms with Gasteiger partial charge < -0.3 is 94.1 Å². The van der Waals surface area contributed by atoms with E-state index in [0.717, 1.165) is 12.1 Å². The Balaban J connectivity index is 1.33. The van der Waals surface area contributed by atoms with Crippen LogP contribution in [0.2, 0.25) is 0 Å². The second-order valence-electron chi connectivity index (χ2n) is 12.9. The molecular weight excluding hydrogens is 716 g/mol. The maximum atomic E-state index is 14.0. The number of hydrogen-bond donors (Lipinski definition) is 12. The summed E-state index contributed by atoms with van der Waals surface area (Å²) in [5, 5.41) is 123. The van der Waals surface area contributed by atoms with Crippen LogP contribution < -0.4 is 14.9 Å². The highest BCUT2D eigenvalue weighted by molar-refractivity contribution is 5.88. The Hall–Kier alpha value is -3.71. The first-order valence-electron chi connectivity index (χ1n) is 16.4. The molecule has 6 rings (SSSR count). The van der Waals surface area contributed by atoms with E-state index in [1.807, 2.05) is 0 Å².